The van der Waals surface area contributed by atoms with Crippen molar-refractivity contribution in [2.24, 2.45) is 5.92 Å². The van der Waals surface area contributed by atoms with Gasteiger partial charge in [-0.1, -0.05) is 12.8 Å². The molecule has 2 saturated carbocycles. The molecule has 0 radical (unpaired) electrons. The number of hydrogen-bond donors (Lipinski definition) is 1. The number of nitrogens with zero attached hydrogens (tertiary/aromatic N) is 1. The van der Waals surface area contributed by atoms with Crippen molar-refractivity contribution in [2.75, 3.05) is 33.9 Å². The average Bonchev–Trinajstić information content (AvgIpc) is 3.05. The van der Waals surface area contributed by atoms with Crippen LogP contribution in [0.2, 0.25) is 0 Å². The predicted octanol–water partition coefficient (Wildman–Crippen LogP) is 1.88. The third-order valence-electron chi connectivity index (χ3n) is 4.42. The van der Waals surface area contributed by atoms with Gasteiger partial charge in [-0.3, -0.25) is 4.90 Å². The number of ether oxygens (including phenoxy) is 1. The fourth-order valence-corrected chi connectivity index (χ4v) is 3.16. The summed E-state index contributed by atoms with van der Waals surface area (Å²) in [6.45, 7) is 3.19. The van der Waals surface area contributed by atoms with Gasteiger partial charge in [-0.05, 0) is 38.6 Å². The highest BCUT2D eigenvalue weighted by Crippen LogP contribution is 2.31. The average molecular weight is 240 g/mol. The number of nitrogens with one attached hydrogen (secondary N) is 1. The van der Waals surface area contributed by atoms with Gasteiger partial charge in [0.1, 0.15) is 0 Å². The molecule has 2 aliphatic rings. The van der Waals surface area contributed by atoms with Crippen LogP contribution in [0, 0.1) is 5.92 Å². The van der Waals surface area contributed by atoms with Gasteiger partial charge in [0.05, 0.1) is 6.61 Å². The van der Waals surface area contributed by atoms with Gasteiger partial charge < -0.3 is 10.1 Å². The first-order valence-electron chi connectivity index (χ1n) is 7.25. The topological polar surface area (TPSA) is 24.5 Å². The van der Waals surface area contributed by atoms with Gasteiger partial charge in [0.2, 0.25) is 0 Å². The molecule has 0 aliphatic heterocycles. The Hall–Kier alpha value is -0.120. The molecule has 0 aromatic carbocycles. The molecule has 0 aromatic rings. The van der Waals surface area contributed by atoms with Crippen molar-refractivity contribution in [3.05, 3.63) is 0 Å². The monoisotopic (exact) mass is 240 g/mol. The first kappa shape index (κ1) is 13.3. The Morgan fingerprint density at radius 2 is 1.94 bits per heavy atom. The molecule has 1 unspecified atom stereocenters. The molecule has 1 N–H and O–H groups in total. The highest BCUT2D eigenvalue weighted by molar-refractivity contribution is 4.89. The highest BCUT2D eigenvalue weighted by Gasteiger charge is 2.32. The van der Waals surface area contributed by atoms with E-state index in [4.69, 9.17) is 4.74 Å². The van der Waals surface area contributed by atoms with Gasteiger partial charge in [0.25, 0.3) is 0 Å². The van der Waals surface area contributed by atoms with Gasteiger partial charge >= 0.3 is 0 Å². The minimum atomic E-state index is 0.690. The van der Waals surface area contributed by atoms with Crippen molar-refractivity contribution >= 4 is 0 Å². The molecule has 0 amide bonds. The Bertz CT molecular complexity index is 212. The zero-order valence-corrected chi connectivity index (χ0v) is 11.5. The van der Waals surface area contributed by atoms with Crippen molar-refractivity contribution in [1.29, 1.82) is 0 Å². The molecule has 3 nitrogen and oxygen atoms in total. The smallest absolute Gasteiger partial charge is 0.0589 e. The highest BCUT2D eigenvalue weighted by atomic mass is 16.5. The fraction of sp³-hybridized carbons (Fsp3) is 1.00. The fourth-order valence-electron chi connectivity index (χ4n) is 3.16. The van der Waals surface area contributed by atoms with E-state index in [1.165, 1.54) is 45.1 Å². The number of likely N-dealkylation sites (N-methyl/N-ethyl adjacent to an activating group) is 1. The Balaban J connectivity index is 1.81. The van der Waals surface area contributed by atoms with E-state index in [2.05, 4.69) is 17.3 Å². The summed E-state index contributed by atoms with van der Waals surface area (Å²) in [7, 11) is 3.93. The summed E-state index contributed by atoms with van der Waals surface area (Å²) in [5.41, 5.74) is 0. The van der Waals surface area contributed by atoms with E-state index in [9.17, 15) is 0 Å². The van der Waals surface area contributed by atoms with Gasteiger partial charge in [-0.15, -0.1) is 0 Å². The molecule has 2 aliphatic carbocycles. The number of methoxy groups -OCH3 is 1. The van der Waals surface area contributed by atoms with Crippen LogP contribution in [-0.4, -0.2) is 50.8 Å². The lowest BCUT2D eigenvalue weighted by molar-refractivity contribution is 0.129. The van der Waals surface area contributed by atoms with Crippen LogP contribution in [0.1, 0.15) is 38.5 Å². The molecule has 17 heavy (non-hydrogen) atoms. The molecule has 1 atom stereocenters. The Morgan fingerprint density at radius 1 is 1.24 bits per heavy atom. The molecule has 100 valence electrons. The summed E-state index contributed by atoms with van der Waals surface area (Å²) in [4.78, 5) is 2.64. The first-order valence-corrected chi connectivity index (χ1v) is 7.25. The third-order valence-corrected chi connectivity index (χ3v) is 4.42. The van der Waals surface area contributed by atoms with Crippen LogP contribution in [0.4, 0.5) is 0 Å². The van der Waals surface area contributed by atoms with Gasteiger partial charge in [-0.25, -0.2) is 0 Å². The van der Waals surface area contributed by atoms with E-state index in [1.807, 2.05) is 0 Å². The number of rotatable bonds is 8. The minimum absolute atomic E-state index is 0.690. The van der Waals surface area contributed by atoms with Crippen LogP contribution >= 0.6 is 0 Å². The molecule has 0 heterocycles. The summed E-state index contributed by atoms with van der Waals surface area (Å²) < 4.78 is 5.23. The lowest BCUT2D eigenvalue weighted by Crippen LogP contribution is -2.45. The van der Waals surface area contributed by atoms with E-state index >= 15 is 0 Å². The van der Waals surface area contributed by atoms with E-state index < -0.39 is 0 Å². The van der Waals surface area contributed by atoms with E-state index in [1.54, 1.807) is 7.11 Å². The second-order valence-electron chi connectivity index (χ2n) is 5.66. The third kappa shape index (κ3) is 3.94. The van der Waals surface area contributed by atoms with Crippen LogP contribution in [-0.2, 0) is 4.74 Å². The Kier molecular flexibility index (Phi) is 5.26. The summed E-state index contributed by atoms with van der Waals surface area (Å²) >= 11 is 0. The molecule has 2 fully saturated rings. The van der Waals surface area contributed by atoms with Crippen molar-refractivity contribution in [3.63, 3.8) is 0 Å². The summed E-state index contributed by atoms with van der Waals surface area (Å²) in [5.74, 6) is 0.906. The summed E-state index contributed by atoms with van der Waals surface area (Å²) in [6.07, 6.45) is 8.51. The van der Waals surface area contributed by atoms with Crippen molar-refractivity contribution in [1.82, 2.24) is 10.2 Å². The van der Waals surface area contributed by atoms with Crippen molar-refractivity contribution in [3.8, 4) is 0 Å². The van der Waals surface area contributed by atoms with Gasteiger partial charge in [0.15, 0.2) is 0 Å². The van der Waals surface area contributed by atoms with Crippen LogP contribution in [0.15, 0.2) is 0 Å². The van der Waals surface area contributed by atoms with Crippen LogP contribution < -0.4 is 5.32 Å². The van der Waals surface area contributed by atoms with Crippen LogP contribution in [0.3, 0.4) is 0 Å². The molecule has 0 saturated heterocycles. The zero-order chi connectivity index (χ0) is 12.1. The molecule has 0 bridgehead atoms. The normalized spacial score (nSPS) is 23.5. The SMILES string of the molecule is CNC(CN(CCOC)C1CC1)C1CCCC1. The predicted molar refractivity (Wildman–Crippen MR) is 71.3 cm³/mol. The maximum Gasteiger partial charge on any atom is 0.0589 e. The summed E-state index contributed by atoms with van der Waals surface area (Å²) in [6, 6.07) is 1.54. The van der Waals surface area contributed by atoms with Crippen molar-refractivity contribution in [2.45, 2.75) is 50.6 Å². The maximum atomic E-state index is 5.23. The standard InChI is InChI=1S/C14H28N2O/c1-15-14(12-5-3-4-6-12)11-16(9-10-17-2)13-7-8-13/h12-15H,3-11H2,1-2H3. The Morgan fingerprint density at radius 3 is 2.47 bits per heavy atom. The van der Waals surface area contributed by atoms with E-state index in [0.717, 1.165) is 25.1 Å². The minimum Gasteiger partial charge on any atom is -0.383 e. The lowest BCUT2D eigenvalue weighted by Gasteiger charge is -2.30. The molecule has 0 spiro atoms. The maximum absolute atomic E-state index is 5.23. The summed E-state index contributed by atoms with van der Waals surface area (Å²) in [5, 5.41) is 3.55. The van der Waals surface area contributed by atoms with Gasteiger partial charge in [-0.2, -0.15) is 0 Å². The second-order valence-corrected chi connectivity index (χ2v) is 5.66. The number of hydrogen-bond acceptors (Lipinski definition) is 3. The van der Waals surface area contributed by atoms with Crippen LogP contribution in [0.25, 0.3) is 0 Å². The quantitative estimate of drug-likeness (QED) is 0.701. The lowest BCUT2D eigenvalue weighted by atomic mass is 9.97. The van der Waals surface area contributed by atoms with E-state index in [-0.39, 0.29) is 0 Å². The second kappa shape index (κ2) is 6.72. The Labute approximate surface area is 106 Å². The largest absolute Gasteiger partial charge is 0.383 e. The molecular formula is C14H28N2O. The first-order chi connectivity index (χ1) is 8.35. The van der Waals surface area contributed by atoms with Crippen LogP contribution in [0.5, 0.6) is 0 Å². The molecule has 2 rings (SSSR count). The van der Waals surface area contributed by atoms with E-state index in [0.29, 0.717) is 6.04 Å². The molecule has 0 aromatic heterocycles. The molecular weight excluding hydrogens is 212 g/mol. The van der Waals surface area contributed by atoms with Crippen molar-refractivity contribution < 1.29 is 4.74 Å². The molecule has 3 heteroatoms. The van der Waals surface area contributed by atoms with Gasteiger partial charge in [0, 0.05) is 32.3 Å². The zero-order valence-electron chi connectivity index (χ0n) is 11.5.